The first kappa shape index (κ1) is 14.5. The second kappa shape index (κ2) is 5.87. The monoisotopic (exact) mass is 252 g/mol. The molecule has 0 saturated heterocycles. The van der Waals surface area contributed by atoms with Crippen molar-refractivity contribution in [2.24, 2.45) is 0 Å². The molecular weight excluding hydrogens is 232 g/mol. The highest BCUT2D eigenvalue weighted by atomic mass is 16.6. The third-order valence-electron chi connectivity index (χ3n) is 2.50. The molecule has 1 aromatic carbocycles. The lowest BCUT2D eigenvalue weighted by atomic mass is 10.1. The smallest absolute Gasteiger partial charge is 0.349 e. The van der Waals surface area contributed by atoms with Gasteiger partial charge in [0.25, 0.3) is 0 Å². The van der Waals surface area contributed by atoms with E-state index in [9.17, 15) is 9.90 Å². The Hall–Kier alpha value is -1.55. The molecule has 1 aromatic rings. The van der Waals surface area contributed by atoms with Crippen molar-refractivity contribution in [1.82, 2.24) is 0 Å². The molecule has 0 aromatic heterocycles. The number of hydrogen-bond acceptors (Lipinski definition) is 4. The van der Waals surface area contributed by atoms with Gasteiger partial charge < -0.3 is 14.6 Å². The summed E-state index contributed by atoms with van der Waals surface area (Å²) in [6, 6.07) is 6.98. The molecule has 0 aliphatic rings. The predicted molar refractivity (Wildman–Crippen MR) is 68.4 cm³/mol. The molecule has 0 saturated carbocycles. The largest absolute Gasteiger partial charge is 0.476 e. The number of esters is 1. The van der Waals surface area contributed by atoms with Crippen molar-refractivity contribution in [3.8, 4) is 5.75 Å². The second-order valence-electron chi connectivity index (χ2n) is 4.58. The highest BCUT2D eigenvalue weighted by Crippen LogP contribution is 2.22. The maximum atomic E-state index is 11.7. The molecule has 1 unspecified atom stereocenters. The number of hydrogen-bond donors (Lipinski definition) is 1. The van der Waals surface area contributed by atoms with Crippen LogP contribution in [-0.2, 0) is 9.53 Å². The summed E-state index contributed by atoms with van der Waals surface area (Å²) in [6.07, 6.45) is -0.517. The molecule has 0 spiro atoms. The molecule has 1 N–H and O–H groups in total. The van der Waals surface area contributed by atoms with Crippen molar-refractivity contribution < 1.29 is 19.4 Å². The minimum absolute atomic E-state index is 0.326. The first-order valence-corrected chi connectivity index (χ1v) is 6.01. The standard InChI is InChI=1S/C14H20O4/c1-5-17-13(16)14(3,4)18-12-8-6-11(7-9-12)10(2)15/h6-10,15H,5H2,1-4H3. The fourth-order valence-corrected chi connectivity index (χ4v) is 1.46. The van der Waals surface area contributed by atoms with Gasteiger partial charge in [0.05, 0.1) is 12.7 Å². The van der Waals surface area contributed by atoms with E-state index in [4.69, 9.17) is 9.47 Å². The molecule has 4 nitrogen and oxygen atoms in total. The molecule has 0 radical (unpaired) electrons. The van der Waals surface area contributed by atoms with Crippen LogP contribution < -0.4 is 4.74 Å². The van der Waals surface area contributed by atoms with Crippen molar-refractivity contribution in [3.05, 3.63) is 29.8 Å². The molecular formula is C14H20O4. The van der Waals surface area contributed by atoms with Gasteiger partial charge in [-0.1, -0.05) is 12.1 Å². The van der Waals surface area contributed by atoms with Gasteiger partial charge in [0.2, 0.25) is 0 Å². The molecule has 0 amide bonds. The first-order valence-electron chi connectivity index (χ1n) is 6.01. The van der Waals surface area contributed by atoms with Gasteiger partial charge >= 0.3 is 5.97 Å². The molecule has 0 aliphatic carbocycles. The third kappa shape index (κ3) is 3.74. The average Bonchev–Trinajstić information content (AvgIpc) is 2.29. The van der Waals surface area contributed by atoms with Gasteiger partial charge in [-0.2, -0.15) is 0 Å². The van der Waals surface area contributed by atoms with Crippen molar-refractivity contribution in [3.63, 3.8) is 0 Å². The van der Waals surface area contributed by atoms with E-state index in [1.54, 1.807) is 52.0 Å². The molecule has 18 heavy (non-hydrogen) atoms. The number of carbonyl (C=O) groups excluding carboxylic acids is 1. The summed E-state index contributed by atoms with van der Waals surface area (Å²) in [5, 5.41) is 9.39. The van der Waals surface area contributed by atoms with Crippen LogP contribution in [0.15, 0.2) is 24.3 Å². The predicted octanol–water partition coefficient (Wildman–Crippen LogP) is 2.46. The number of aliphatic hydroxyl groups is 1. The topological polar surface area (TPSA) is 55.8 Å². The Morgan fingerprint density at radius 2 is 1.89 bits per heavy atom. The summed E-state index contributed by atoms with van der Waals surface area (Å²) in [6.45, 7) is 7.09. The Bertz CT molecular complexity index is 393. The van der Waals surface area contributed by atoms with Crippen LogP contribution in [0.2, 0.25) is 0 Å². The minimum atomic E-state index is -1.03. The Labute approximate surface area is 108 Å². The Morgan fingerprint density at radius 3 is 2.33 bits per heavy atom. The number of benzene rings is 1. The van der Waals surface area contributed by atoms with Crippen molar-refractivity contribution in [2.45, 2.75) is 39.4 Å². The normalized spacial score (nSPS) is 12.9. The molecule has 0 fully saturated rings. The van der Waals surface area contributed by atoms with Gasteiger partial charge in [0.1, 0.15) is 5.75 Å². The van der Waals surface area contributed by atoms with E-state index in [-0.39, 0.29) is 0 Å². The lowest BCUT2D eigenvalue weighted by Gasteiger charge is -2.24. The third-order valence-corrected chi connectivity index (χ3v) is 2.50. The van der Waals surface area contributed by atoms with Crippen LogP contribution in [-0.4, -0.2) is 23.3 Å². The fourth-order valence-electron chi connectivity index (χ4n) is 1.46. The first-order chi connectivity index (χ1) is 8.36. The minimum Gasteiger partial charge on any atom is -0.476 e. The lowest BCUT2D eigenvalue weighted by molar-refractivity contribution is -0.158. The SMILES string of the molecule is CCOC(=O)C(C)(C)Oc1ccc(C(C)O)cc1. The van der Waals surface area contributed by atoms with Crippen LogP contribution in [0, 0.1) is 0 Å². The maximum absolute atomic E-state index is 11.7. The zero-order chi connectivity index (χ0) is 13.8. The van der Waals surface area contributed by atoms with Crippen LogP contribution >= 0.6 is 0 Å². The van der Waals surface area contributed by atoms with Crippen molar-refractivity contribution >= 4 is 5.97 Å². The number of ether oxygens (including phenoxy) is 2. The zero-order valence-corrected chi connectivity index (χ0v) is 11.3. The lowest BCUT2D eigenvalue weighted by Crippen LogP contribution is -2.39. The van der Waals surface area contributed by atoms with Crippen LogP contribution in [0.5, 0.6) is 5.75 Å². The van der Waals surface area contributed by atoms with Crippen LogP contribution in [0.4, 0.5) is 0 Å². The van der Waals surface area contributed by atoms with Gasteiger partial charge in [0, 0.05) is 0 Å². The number of carbonyl (C=O) groups is 1. The highest BCUT2D eigenvalue weighted by molar-refractivity contribution is 5.79. The average molecular weight is 252 g/mol. The van der Waals surface area contributed by atoms with Gasteiger partial charge in [-0.25, -0.2) is 4.79 Å². The summed E-state index contributed by atoms with van der Waals surface area (Å²) < 4.78 is 10.5. The maximum Gasteiger partial charge on any atom is 0.349 e. The summed E-state index contributed by atoms with van der Waals surface area (Å²) >= 11 is 0. The van der Waals surface area contributed by atoms with E-state index >= 15 is 0 Å². The van der Waals surface area contributed by atoms with Crippen molar-refractivity contribution in [2.75, 3.05) is 6.61 Å². The molecule has 4 heteroatoms. The Kier molecular flexibility index (Phi) is 4.73. The van der Waals surface area contributed by atoms with E-state index in [0.717, 1.165) is 5.56 Å². The summed E-state index contributed by atoms with van der Waals surface area (Å²) in [5.74, 6) is 0.169. The van der Waals surface area contributed by atoms with Crippen LogP contribution in [0.3, 0.4) is 0 Å². The van der Waals surface area contributed by atoms with E-state index in [0.29, 0.717) is 12.4 Å². The Morgan fingerprint density at radius 1 is 1.33 bits per heavy atom. The van der Waals surface area contributed by atoms with E-state index in [1.165, 1.54) is 0 Å². The van der Waals surface area contributed by atoms with Gasteiger partial charge in [-0.3, -0.25) is 0 Å². The Balaban J connectivity index is 2.75. The zero-order valence-electron chi connectivity index (χ0n) is 11.3. The number of aliphatic hydroxyl groups excluding tert-OH is 1. The molecule has 0 aliphatic heterocycles. The van der Waals surface area contributed by atoms with Crippen molar-refractivity contribution in [1.29, 1.82) is 0 Å². The molecule has 1 atom stereocenters. The number of rotatable bonds is 5. The summed E-state index contributed by atoms with van der Waals surface area (Å²) in [7, 11) is 0. The van der Waals surface area contributed by atoms with E-state index in [1.807, 2.05) is 0 Å². The van der Waals surface area contributed by atoms with Crippen LogP contribution in [0.1, 0.15) is 39.4 Å². The molecule has 0 bridgehead atoms. The molecule has 0 heterocycles. The highest BCUT2D eigenvalue weighted by Gasteiger charge is 2.31. The summed E-state index contributed by atoms with van der Waals surface area (Å²) in [4.78, 5) is 11.7. The fraction of sp³-hybridized carbons (Fsp3) is 0.500. The van der Waals surface area contributed by atoms with E-state index in [2.05, 4.69) is 0 Å². The quantitative estimate of drug-likeness (QED) is 0.818. The molecule has 100 valence electrons. The second-order valence-corrected chi connectivity index (χ2v) is 4.58. The van der Waals surface area contributed by atoms with E-state index < -0.39 is 17.7 Å². The molecule has 1 rings (SSSR count). The van der Waals surface area contributed by atoms with Gasteiger partial charge in [-0.15, -0.1) is 0 Å². The summed E-state index contributed by atoms with van der Waals surface area (Å²) in [5.41, 5.74) is -0.223. The van der Waals surface area contributed by atoms with Crippen LogP contribution in [0.25, 0.3) is 0 Å². The van der Waals surface area contributed by atoms with Gasteiger partial charge in [0.15, 0.2) is 5.60 Å². The van der Waals surface area contributed by atoms with Gasteiger partial charge in [-0.05, 0) is 45.4 Å².